The van der Waals surface area contributed by atoms with Gasteiger partial charge in [-0.1, -0.05) is 36.9 Å². The lowest BCUT2D eigenvalue weighted by Gasteiger charge is -2.48. The molecule has 0 radical (unpaired) electrons. The van der Waals surface area contributed by atoms with Crippen molar-refractivity contribution in [2.45, 2.75) is 38.9 Å². The molecule has 0 aliphatic heterocycles. The maximum absolute atomic E-state index is 11.5. The second kappa shape index (κ2) is 7.62. The van der Waals surface area contributed by atoms with Crippen LogP contribution in [-0.2, 0) is 11.3 Å². The molecule has 3 nitrogen and oxygen atoms in total. The molecule has 21 heavy (non-hydrogen) atoms. The number of halogens is 1. The Morgan fingerprint density at radius 2 is 1.86 bits per heavy atom. The van der Waals surface area contributed by atoms with Gasteiger partial charge in [0.25, 0.3) is 0 Å². The van der Waals surface area contributed by atoms with Gasteiger partial charge in [0, 0.05) is 5.56 Å². The molecule has 0 saturated carbocycles. The van der Waals surface area contributed by atoms with E-state index in [0.717, 1.165) is 11.0 Å². The first-order valence-electron chi connectivity index (χ1n) is 7.00. The number of carbonyl (C=O) groups is 1. The van der Waals surface area contributed by atoms with E-state index < -0.39 is 0 Å². The molecule has 0 aliphatic carbocycles. The smallest absolute Gasteiger partial charge is 0.243 e. The highest BCUT2D eigenvalue weighted by Crippen LogP contribution is 2.27. The molecule has 1 amide bonds. The molecule has 0 fully saturated rings. The number of amides is 1. The van der Waals surface area contributed by atoms with Crippen molar-refractivity contribution in [2.24, 2.45) is 0 Å². The van der Waals surface area contributed by atoms with Crippen molar-refractivity contribution in [1.29, 1.82) is 0 Å². The van der Waals surface area contributed by atoms with Gasteiger partial charge < -0.3 is 22.2 Å². The second-order valence-corrected chi connectivity index (χ2v) is 6.42. The Kier molecular flexibility index (Phi) is 7.14. The Morgan fingerprint density at radius 3 is 2.33 bits per heavy atom. The number of hydrogen-bond acceptors (Lipinski definition) is 1. The third-order valence-corrected chi connectivity index (χ3v) is 4.58. The minimum absolute atomic E-state index is 0. The summed E-state index contributed by atoms with van der Waals surface area (Å²) in [7, 11) is 4.40. The van der Waals surface area contributed by atoms with Crippen LogP contribution in [-0.4, -0.2) is 36.1 Å². The average molecular weight is 311 g/mol. The lowest BCUT2D eigenvalue weighted by Crippen LogP contribution is -3.00. The minimum atomic E-state index is -0.120. The molecule has 1 aromatic carbocycles. The molecule has 0 heterocycles. The third kappa shape index (κ3) is 4.87. The van der Waals surface area contributed by atoms with Crippen LogP contribution in [0.25, 0.3) is 0 Å². The van der Waals surface area contributed by atoms with Gasteiger partial charge in [0.2, 0.25) is 5.91 Å². The summed E-state index contributed by atoms with van der Waals surface area (Å²) in [6.07, 6.45) is 1.32. The van der Waals surface area contributed by atoms with Gasteiger partial charge in [-0.25, -0.2) is 0 Å². The van der Waals surface area contributed by atoms with Gasteiger partial charge in [-0.3, -0.25) is 4.79 Å². The summed E-state index contributed by atoms with van der Waals surface area (Å²) in [5.41, 5.74) is 1.20. The molecular formula is C17H27ClN2O. The first-order valence-corrected chi connectivity index (χ1v) is 7.00. The van der Waals surface area contributed by atoms with Crippen LogP contribution in [0, 0.1) is 0 Å². The van der Waals surface area contributed by atoms with E-state index in [0.29, 0.717) is 0 Å². The van der Waals surface area contributed by atoms with E-state index >= 15 is 0 Å². The van der Waals surface area contributed by atoms with Gasteiger partial charge in [0.05, 0.1) is 20.1 Å². The topological polar surface area (TPSA) is 29.1 Å². The summed E-state index contributed by atoms with van der Waals surface area (Å²) >= 11 is 0. The first-order chi connectivity index (χ1) is 9.20. The summed E-state index contributed by atoms with van der Waals surface area (Å²) in [6.45, 7) is 10.8. The van der Waals surface area contributed by atoms with Crippen LogP contribution in [0.1, 0.15) is 26.3 Å². The summed E-state index contributed by atoms with van der Waals surface area (Å²) in [5, 5.41) is 2.99. The number of benzene rings is 1. The Bertz CT molecular complexity index is 469. The second-order valence-electron chi connectivity index (χ2n) is 6.42. The maximum Gasteiger partial charge on any atom is 0.243 e. The standard InChI is InChI=1S/C17H26N2O.ClH/c1-7-16(20)18-14(2)17(3,4)19(5,6)13-15-11-9-8-10-12-15;/h7-12,14H,1,13H2,2-6H3;1H. The molecule has 1 aromatic rings. The van der Waals surface area contributed by atoms with Gasteiger partial charge in [0.1, 0.15) is 12.1 Å². The lowest BCUT2D eigenvalue weighted by atomic mass is 9.90. The number of nitrogens with zero attached hydrogens (tertiary/aromatic N) is 1. The highest BCUT2D eigenvalue weighted by Gasteiger charge is 2.42. The Labute approximate surface area is 135 Å². The van der Waals surface area contributed by atoms with Crippen LogP contribution >= 0.6 is 0 Å². The van der Waals surface area contributed by atoms with Crippen molar-refractivity contribution >= 4 is 5.91 Å². The highest BCUT2D eigenvalue weighted by molar-refractivity contribution is 5.87. The zero-order chi connectivity index (χ0) is 15.4. The van der Waals surface area contributed by atoms with Crippen LogP contribution in [0.5, 0.6) is 0 Å². The van der Waals surface area contributed by atoms with Gasteiger partial charge in [-0.05, 0) is 26.8 Å². The molecule has 1 rings (SSSR count). The van der Waals surface area contributed by atoms with Crippen molar-refractivity contribution < 1.29 is 21.7 Å². The zero-order valence-corrected chi connectivity index (χ0v) is 14.4. The quantitative estimate of drug-likeness (QED) is 0.569. The Morgan fingerprint density at radius 1 is 1.33 bits per heavy atom. The fourth-order valence-corrected chi connectivity index (χ4v) is 2.22. The first kappa shape index (κ1) is 19.7. The van der Waals surface area contributed by atoms with Crippen molar-refractivity contribution in [2.75, 3.05) is 14.1 Å². The SMILES string of the molecule is C=CC(=O)NC(C)C(C)(C)[N+](C)(C)Cc1ccccc1.[Cl-]. The fourth-order valence-electron chi connectivity index (χ4n) is 2.22. The van der Waals surface area contributed by atoms with Crippen molar-refractivity contribution in [3.8, 4) is 0 Å². The summed E-state index contributed by atoms with van der Waals surface area (Å²) < 4.78 is 0.787. The van der Waals surface area contributed by atoms with Crippen LogP contribution in [0.15, 0.2) is 43.0 Å². The predicted molar refractivity (Wildman–Crippen MR) is 84.1 cm³/mol. The minimum Gasteiger partial charge on any atom is -1.00 e. The molecule has 0 saturated heterocycles. The molecule has 0 spiro atoms. The Balaban J connectivity index is 0.00000400. The van der Waals surface area contributed by atoms with Crippen LogP contribution in [0.3, 0.4) is 0 Å². The number of likely N-dealkylation sites (N-methyl/N-ethyl adjacent to an activating group) is 1. The average Bonchev–Trinajstić information content (AvgIpc) is 2.38. The van der Waals surface area contributed by atoms with E-state index in [1.807, 2.05) is 13.0 Å². The summed E-state index contributed by atoms with van der Waals surface area (Å²) in [5.74, 6) is -0.120. The zero-order valence-electron chi connectivity index (χ0n) is 13.7. The number of nitrogens with one attached hydrogen (secondary N) is 1. The largest absolute Gasteiger partial charge is 1.00 e. The number of quaternary nitrogens is 1. The molecule has 1 N–H and O–H groups in total. The molecule has 0 aliphatic rings. The van der Waals surface area contributed by atoms with Crippen LogP contribution in [0.2, 0.25) is 0 Å². The summed E-state index contributed by atoms with van der Waals surface area (Å²) in [4.78, 5) is 11.5. The molecule has 1 atom stereocenters. The molecule has 1 unspecified atom stereocenters. The van der Waals surface area contributed by atoms with Crippen molar-refractivity contribution in [3.05, 3.63) is 48.6 Å². The van der Waals surface area contributed by atoms with Crippen molar-refractivity contribution in [1.82, 2.24) is 5.32 Å². The molecule has 0 aromatic heterocycles. The molecule has 4 heteroatoms. The Hall–Kier alpha value is -1.32. The van der Waals surface area contributed by atoms with E-state index in [-0.39, 0.29) is 29.9 Å². The third-order valence-electron chi connectivity index (χ3n) is 4.58. The molecular weight excluding hydrogens is 284 g/mol. The summed E-state index contributed by atoms with van der Waals surface area (Å²) in [6, 6.07) is 10.5. The van der Waals surface area contributed by atoms with E-state index in [4.69, 9.17) is 0 Å². The van der Waals surface area contributed by atoms with Crippen LogP contribution < -0.4 is 17.7 Å². The normalized spacial score (nSPS) is 13.0. The molecule has 0 bridgehead atoms. The van der Waals surface area contributed by atoms with Gasteiger partial charge in [-0.15, -0.1) is 0 Å². The maximum atomic E-state index is 11.5. The number of hydrogen-bond donors (Lipinski definition) is 1. The predicted octanol–water partition coefficient (Wildman–Crippen LogP) is -0.264. The molecule has 118 valence electrons. The monoisotopic (exact) mass is 310 g/mol. The van der Waals surface area contributed by atoms with E-state index in [2.05, 4.69) is 64.1 Å². The van der Waals surface area contributed by atoms with Crippen molar-refractivity contribution in [3.63, 3.8) is 0 Å². The van der Waals surface area contributed by atoms with E-state index in [1.54, 1.807) is 0 Å². The number of carbonyl (C=O) groups excluding carboxylic acids is 1. The van der Waals surface area contributed by atoms with E-state index in [1.165, 1.54) is 11.6 Å². The van der Waals surface area contributed by atoms with Crippen LogP contribution in [0.4, 0.5) is 0 Å². The highest BCUT2D eigenvalue weighted by atomic mass is 35.5. The van der Waals surface area contributed by atoms with E-state index in [9.17, 15) is 4.79 Å². The van der Waals surface area contributed by atoms with Gasteiger partial charge >= 0.3 is 0 Å². The van der Waals surface area contributed by atoms with Gasteiger partial charge in [0.15, 0.2) is 0 Å². The number of rotatable bonds is 6. The fraction of sp³-hybridized carbons (Fsp3) is 0.471. The van der Waals surface area contributed by atoms with Gasteiger partial charge in [-0.2, -0.15) is 0 Å². The lowest BCUT2D eigenvalue weighted by molar-refractivity contribution is -0.951.